The number of hydrogen-bond donors (Lipinski definition) is 3. The van der Waals surface area contributed by atoms with Gasteiger partial charge in [-0.3, -0.25) is 0 Å². The number of likely N-dealkylation sites (N-methyl/N-ethyl adjacent to an activating group) is 1. The van der Waals surface area contributed by atoms with Crippen molar-refractivity contribution >= 4 is 11.8 Å². The highest BCUT2D eigenvalue weighted by molar-refractivity contribution is 5.70. The molecule has 0 aromatic carbocycles. The molecule has 4 rings (SSSR count). The minimum atomic E-state index is -0.913. The zero-order valence-electron chi connectivity index (χ0n) is 16.1. The molecule has 0 aliphatic carbocycles. The van der Waals surface area contributed by atoms with Crippen LogP contribution in [0.15, 0.2) is 0 Å². The second-order valence-electron chi connectivity index (χ2n) is 7.75. The fraction of sp³-hybridized carbons (Fsp3) is 0.632. The summed E-state index contributed by atoms with van der Waals surface area (Å²) in [5, 5.41) is 25.6. The van der Waals surface area contributed by atoms with Crippen LogP contribution in [0.25, 0.3) is 0 Å². The van der Waals surface area contributed by atoms with Crippen molar-refractivity contribution in [1.82, 2.24) is 20.1 Å². The molecule has 4 heterocycles. The van der Waals surface area contributed by atoms with Crippen LogP contribution in [0.3, 0.4) is 0 Å². The first kappa shape index (κ1) is 18.8. The molecular weight excluding hydrogens is 360 g/mol. The van der Waals surface area contributed by atoms with Crippen molar-refractivity contribution in [3.63, 3.8) is 0 Å². The number of hydrogen-bond acceptors (Lipinski definition) is 7. The van der Waals surface area contributed by atoms with Crippen LogP contribution in [-0.2, 0) is 13.0 Å². The zero-order valence-corrected chi connectivity index (χ0v) is 16.1. The van der Waals surface area contributed by atoms with Crippen molar-refractivity contribution in [3.8, 4) is 11.9 Å². The molecule has 1 atom stereocenters. The van der Waals surface area contributed by atoms with E-state index in [1.807, 2.05) is 0 Å². The van der Waals surface area contributed by atoms with Crippen LogP contribution in [0.5, 0.6) is 5.88 Å². The minimum Gasteiger partial charge on any atom is -0.475 e. The minimum absolute atomic E-state index is 0.00148. The standard InChI is InChI=1S/C19H26N6O3/c1-24-6-2-3-13(24)11-28-18-15(7-20)17(14-4-5-21-8-16(14)23-18)22-12-9-25(10-12)19(26)27/h12-13,21H,2-6,8-11H2,1H3,(H,22,23)(H,26,27)/t13-/m0/s1. The van der Waals surface area contributed by atoms with Crippen LogP contribution in [0, 0.1) is 11.3 Å². The molecule has 9 nitrogen and oxygen atoms in total. The van der Waals surface area contributed by atoms with E-state index < -0.39 is 6.09 Å². The number of fused-ring (bicyclic) bond motifs is 1. The van der Waals surface area contributed by atoms with Crippen molar-refractivity contribution in [1.29, 1.82) is 5.26 Å². The molecule has 0 radical (unpaired) electrons. The fourth-order valence-electron chi connectivity index (χ4n) is 4.15. The first-order valence-corrected chi connectivity index (χ1v) is 9.80. The van der Waals surface area contributed by atoms with E-state index in [1.54, 1.807) is 0 Å². The van der Waals surface area contributed by atoms with Gasteiger partial charge in [-0.25, -0.2) is 9.78 Å². The maximum atomic E-state index is 11.0. The number of carbonyl (C=O) groups is 1. The monoisotopic (exact) mass is 386 g/mol. The summed E-state index contributed by atoms with van der Waals surface area (Å²) in [5.41, 5.74) is 3.13. The SMILES string of the molecule is CN1CCC[C@H]1COc1nc2c(c(NC3CN(C(=O)O)C3)c1C#N)CCNC2. The van der Waals surface area contributed by atoms with E-state index in [0.29, 0.717) is 43.7 Å². The summed E-state index contributed by atoms with van der Waals surface area (Å²) in [6, 6.07) is 2.62. The highest BCUT2D eigenvalue weighted by Crippen LogP contribution is 2.34. The van der Waals surface area contributed by atoms with Gasteiger partial charge < -0.3 is 30.3 Å². The molecule has 1 aromatic rings. The summed E-state index contributed by atoms with van der Waals surface area (Å²) in [5.74, 6) is 0.377. The summed E-state index contributed by atoms with van der Waals surface area (Å²) < 4.78 is 6.03. The van der Waals surface area contributed by atoms with Gasteiger partial charge >= 0.3 is 6.09 Å². The van der Waals surface area contributed by atoms with Crippen molar-refractivity contribution in [2.75, 3.05) is 45.2 Å². The lowest BCUT2D eigenvalue weighted by Gasteiger charge is -2.39. The molecule has 2 saturated heterocycles. The number of nitrogens with zero attached hydrogens (tertiary/aromatic N) is 4. The Morgan fingerprint density at radius 1 is 1.50 bits per heavy atom. The molecule has 9 heteroatoms. The van der Waals surface area contributed by atoms with Crippen molar-refractivity contribution in [2.45, 2.75) is 37.9 Å². The summed E-state index contributed by atoms with van der Waals surface area (Å²) in [6.45, 7) is 3.88. The molecule has 1 amide bonds. The molecule has 2 fully saturated rings. The first-order chi connectivity index (χ1) is 13.6. The number of pyridine rings is 1. The number of nitrogens with one attached hydrogen (secondary N) is 2. The molecule has 3 N–H and O–H groups in total. The molecule has 0 bridgehead atoms. The first-order valence-electron chi connectivity index (χ1n) is 9.80. The van der Waals surface area contributed by atoms with E-state index in [1.165, 1.54) is 4.90 Å². The average Bonchev–Trinajstić information content (AvgIpc) is 3.06. The van der Waals surface area contributed by atoms with Crippen LogP contribution in [0.4, 0.5) is 10.5 Å². The predicted octanol–water partition coefficient (Wildman–Crippen LogP) is 0.846. The smallest absolute Gasteiger partial charge is 0.407 e. The quantitative estimate of drug-likeness (QED) is 0.682. The van der Waals surface area contributed by atoms with Gasteiger partial charge in [0.05, 0.1) is 17.4 Å². The Balaban J connectivity index is 1.58. The van der Waals surface area contributed by atoms with E-state index in [2.05, 4.69) is 33.6 Å². The molecule has 0 unspecified atom stereocenters. The summed E-state index contributed by atoms with van der Waals surface area (Å²) in [6.07, 6.45) is 2.11. The number of ether oxygens (including phenoxy) is 1. The predicted molar refractivity (Wildman–Crippen MR) is 103 cm³/mol. The number of aromatic nitrogens is 1. The highest BCUT2D eigenvalue weighted by atomic mass is 16.5. The largest absolute Gasteiger partial charge is 0.475 e. The van der Waals surface area contributed by atoms with Gasteiger partial charge in [0.1, 0.15) is 18.2 Å². The Morgan fingerprint density at radius 3 is 3.00 bits per heavy atom. The lowest BCUT2D eigenvalue weighted by Crippen LogP contribution is -2.56. The maximum Gasteiger partial charge on any atom is 0.407 e. The van der Waals surface area contributed by atoms with Crippen molar-refractivity contribution in [3.05, 3.63) is 16.8 Å². The van der Waals surface area contributed by atoms with E-state index >= 15 is 0 Å². The van der Waals surface area contributed by atoms with E-state index in [4.69, 9.17) is 9.84 Å². The molecule has 3 aliphatic rings. The maximum absolute atomic E-state index is 11.0. The van der Waals surface area contributed by atoms with Crippen molar-refractivity contribution < 1.29 is 14.6 Å². The van der Waals surface area contributed by atoms with Gasteiger partial charge in [-0.1, -0.05) is 0 Å². The van der Waals surface area contributed by atoms with Crippen LogP contribution >= 0.6 is 0 Å². The van der Waals surface area contributed by atoms with E-state index in [0.717, 1.165) is 49.3 Å². The van der Waals surface area contributed by atoms with E-state index in [9.17, 15) is 10.1 Å². The number of likely N-dealkylation sites (tertiary alicyclic amines) is 2. The van der Waals surface area contributed by atoms with Gasteiger partial charge in [0.25, 0.3) is 0 Å². The van der Waals surface area contributed by atoms with Gasteiger partial charge in [0.15, 0.2) is 0 Å². The normalized spacial score (nSPS) is 22.3. The molecule has 0 saturated carbocycles. The summed E-state index contributed by atoms with van der Waals surface area (Å²) >= 11 is 0. The van der Waals surface area contributed by atoms with Gasteiger partial charge in [0.2, 0.25) is 5.88 Å². The molecule has 1 aromatic heterocycles. The molecule has 28 heavy (non-hydrogen) atoms. The van der Waals surface area contributed by atoms with Crippen LogP contribution in [-0.4, -0.2) is 77.9 Å². The number of anilines is 1. The molecular formula is C19H26N6O3. The Hall–Kier alpha value is -2.57. The Labute approximate surface area is 164 Å². The highest BCUT2D eigenvalue weighted by Gasteiger charge is 2.33. The number of amides is 1. The van der Waals surface area contributed by atoms with Crippen LogP contribution in [0.2, 0.25) is 0 Å². The molecule has 150 valence electrons. The molecule has 3 aliphatic heterocycles. The topological polar surface area (TPSA) is 114 Å². The summed E-state index contributed by atoms with van der Waals surface area (Å²) in [4.78, 5) is 19.3. The Kier molecular flexibility index (Phi) is 5.24. The summed E-state index contributed by atoms with van der Waals surface area (Å²) in [7, 11) is 2.09. The Morgan fingerprint density at radius 2 is 2.32 bits per heavy atom. The number of nitriles is 1. The Bertz CT molecular complexity index is 802. The molecule has 0 spiro atoms. The van der Waals surface area contributed by atoms with Gasteiger partial charge in [-0.2, -0.15) is 5.26 Å². The average molecular weight is 386 g/mol. The number of rotatable bonds is 5. The lowest BCUT2D eigenvalue weighted by atomic mass is 9.99. The van der Waals surface area contributed by atoms with Crippen molar-refractivity contribution in [2.24, 2.45) is 0 Å². The lowest BCUT2D eigenvalue weighted by molar-refractivity contribution is 0.111. The third kappa shape index (κ3) is 3.57. The number of carboxylic acid groups (broad SMARTS) is 1. The van der Waals surface area contributed by atoms with Gasteiger partial charge in [-0.05, 0) is 39.4 Å². The third-order valence-corrected chi connectivity index (χ3v) is 5.89. The van der Waals surface area contributed by atoms with Crippen LogP contribution in [0.1, 0.15) is 29.7 Å². The third-order valence-electron chi connectivity index (χ3n) is 5.89. The van der Waals surface area contributed by atoms with Gasteiger partial charge in [-0.15, -0.1) is 0 Å². The van der Waals surface area contributed by atoms with E-state index in [-0.39, 0.29) is 6.04 Å². The fourth-order valence-corrected chi connectivity index (χ4v) is 4.15. The zero-order chi connectivity index (χ0) is 19.7. The van der Waals surface area contributed by atoms with Gasteiger partial charge in [0, 0.05) is 31.2 Å². The van der Waals surface area contributed by atoms with Crippen LogP contribution < -0.4 is 15.4 Å². The second-order valence-corrected chi connectivity index (χ2v) is 7.75. The second kappa shape index (κ2) is 7.81.